The molecule has 0 fully saturated rings. The molecule has 1 radical (unpaired) electrons. The van der Waals surface area contributed by atoms with Crippen LogP contribution < -0.4 is 4.74 Å². The summed E-state index contributed by atoms with van der Waals surface area (Å²) in [6, 6.07) is 10.8. The van der Waals surface area contributed by atoms with Gasteiger partial charge in [0.05, 0.1) is 12.2 Å². The normalized spacial score (nSPS) is 10.3. The van der Waals surface area contributed by atoms with Crippen LogP contribution >= 0.6 is 0 Å². The van der Waals surface area contributed by atoms with Crippen molar-refractivity contribution in [3.63, 3.8) is 0 Å². The topological polar surface area (TPSA) is 35.3 Å². The largest absolute Gasteiger partial charge is 0.475 e. The van der Waals surface area contributed by atoms with Gasteiger partial charge in [0.1, 0.15) is 5.76 Å². The molecule has 0 aliphatic rings. The molecule has 1 aromatic heterocycles. The first-order valence-electron chi connectivity index (χ1n) is 4.89. The maximum atomic E-state index is 5.39. The lowest BCUT2D eigenvalue weighted by atomic mass is 10.1. The maximum Gasteiger partial charge on any atom is 0.262 e. The molecule has 2 aromatic rings. The minimum absolute atomic E-state index is 0.539. The summed E-state index contributed by atoms with van der Waals surface area (Å²) in [6.45, 7) is 4.36. The molecule has 2 rings (SSSR count). The van der Waals surface area contributed by atoms with Crippen molar-refractivity contribution in [3.8, 4) is 17.0 Å². The highest BCUT2D eigenvalue weighted by molar-refractivity contribution is 5.69. The molecule has 0 bridgehead atoms. The molecule has 0 unspecified atom stereocenters. The molecule has 3 nitrogen and oxygen atoms in total. The van der Waals surface area contributed by atoms with Gasteiger partial charge in [0, 0.05) is 0 Å². The zero-order chi connectivity index (χ0) is 10.7. The summed E-state index contributed by atoms with van der Waals surface area (Å²) in [5, 5.41) is 3.86. The van der Waals surface area contributed by atoms with Crippen LogP contribution in [0.3, 0.4) is 0 Å². The molecule has 0 atom stereocenters. The number of aromatic nitrogens is 1. The summed E-state index contributed by atoms with van der Waals surface area (Å²) in [7, 11) is 0. The predicted octanol–water partition coefficient (Wildman–Crippen LogP) is 2.85. The van der Waals surface area contributed by atoms with Crippen LogP contribution in [-0.4, -0.2) is 11.8 Å². The van der Waals surface area contributed by atoms with E-state index in [0.717, 1.165) is 16.9 Å². The summed E-state index contributed by atoms with van der Waals surface area (Å²) < 4.78 is 10.5. The van der Waals surface area contributed by atoms with Gasteiger partial charge in [-0.05, 0) is 30.6 Å². The number of hydrogen-bond donors (Lipinski definition) is 0. The summed E-state index contributed by atoms with van der Waals surface area (Å²) in [5.74, 6) is 1.29. The van der Waals surface area contributed by atoms with E-state index >= 15 is 0 Å². The molecule has 0 N–H and O–H groups in total. The van der Waals surface area contributed by atoms with E-state index < -0.39 is 0 Å². The quantitative estimate of drug-likeness (QED) is 0.767. The molecule has 1 aromatic carbocycles. The van der Waals surface area contributed by atoms with Gasteiger partial charge in [-0.3, -0.25) is 0 Å². The third-order valence-corrected chi connectivity index (χ3v) is 2.09. The lowest BCUT2D eigenvalue weighted by Gasteiger charge is -2.01. The molecule has 0 saturated carbocycles. The first kappa shape index (κ1) is 9.77. The molecule has 1 heterocycles. The van der Waals surface area contributed by atoms with E-state index in [1.807, 2.05) is 38.1 Å². The molecule has 0 amide bonds. The molecule has 15 heavy (non-hydrogen) atoms. The maximum absolute atomic E-state index is 5.39. The van der Waals surface area contributed by atoms with Crippen LogP contribution in [0.4, 0.5) is 0 Å². The van der Waals surface area contributed by atoms with Crippen molar-refractivity contribution in [1.29, 1.82) is 0 Å². The second-order valence-electron chi connectivity index (χ2n) is 3.13. The van der Waals surface area contributed by atoms with E-state index in [4.69, 9.17) is 9.26 Å². The van der Waals surface area contributed by atoms with Gasteiger partial charge in [0.25, 0.3) is 5.88 Å². The molecular formula is C12H12NO2. The second kappa shape index (κ2) is 4.17. The molecular weight excluding hydrogens is 190 g/mol. The van der Waals surface area contributed by atoms with Crippen LogP contribution in [0.15, 0.2) is 28.8 Å². The fourth-order valence-electron chi connectivity index (χ4n) is 1.44. The highest BCUT2D eigenvalue weighted by Crippen LogP contribution is 2.31. The Labute approximate surface area is 88.7 Å². The van der Waals surface area contributed by atoms with E-state index in [2.05, 4.69) is 11.2 Å². The van der Waals surface area contributed by atoms with Gasteiger partial charge in [0.15, 0.2) is 0 Å². The molecule has 3 heteroatoms. The van der Waals surface area contributed by atoms with E-state index in [1.165, 1.54) is 0 Å². The summed E-state index contributed by atoms with van der Waals surface area (Å²) in [5.41, 5.74) is 1.83. The lowest BCUT2D eigenvalue weighted by Crippen LogP contribution is -1.93. The first-order chi connectivity index (χ1) is 7.33. The smallest absolute Gasteiger partial charge is 0.262 e. The van der Waals surface area contributed by atoms with Gasteiger partial charge in [0.2, 0.25) is 0 Å². The number of benzene rings is 1. The molecule has 0 saturated heterocycles. The fourth-order valence-corrected chi connectivity index (χ4v) is 1.44. The monoisotopic (exact) mass is 202 g/mol. The number of aryl methyl sites for hydroxylation is 1. The predicted molar refractivity (Wildman–Crippen MR) is 56.7 cm³/mol. The van der Waals surface area contributed by atoms with Crippen molar-refractivity contribution in [1.82, 2.24) is 5.16 Å². The van der Waals surface area contributed by atoms with Crippen molar-refractivity contribution in [2.24, 2.45) is 0 Å². The lowest BCUT2D eigenvalue weighted by molar-refractivity contribution is 0.292. The van der Waals surface area contributed by atoms with Crippen LogP contribution in [0.2, 0.25) is 0 Å². The molecule has 0 aliphatic heterocycles. The molecule has 0 spiro atoms. The fraction of sp³-hybridized carbons (Fsp3) is 0.250. The minimum Gasteiger partial charge on any atom is -0.475 e. The Morgan fingerprint density at radius 3 is 3.00 bits per heavy atom. The SMILES string of the molecule is CCOc1noc(C)c1-c1[c]cccc1. The van der Waals surface area contributed by atoms with E-state index in [0.29, 0.717) is 12.5 Å². The Morgan fingerprint density at radius 1 is 1.47 bits per heavy atom. The number of nitrogens with zero attached hydrogens (tertiary/aromatic N) is 1. The van der Waals surface area contributed by atoms with Crippen LogP contribution in [0, 0.1) is 13.0 Å². The highest BCUT2D eigenvalue weighted by Gasteiger charge is 2.15. The minimum atomic E-state index is 0.539. The van der Waals surface area contributed by atoms with Gasteiger partial charge in [-0.15, -0.1) is 0 Å². The number of ether oxygens (including phenoxy) is 1. The second-order valence-corrected chi connectivity index (χ2v) is 3.13. The average Bonchev–Trinajstić information content (AvgIpc) is 2.62. The van der Waals surface area contributed by atoms with E-state index in [9.17, 15) is 0 Å². The van der Waals surface area contributed by atoms with Crippen LogP contribution in [0.1, 0.15) is 12.7 Å². The molecule has 77 valence electrons. The summed E-state index contributed by atoms with van der Waals surface area (Å²) in [6.07, 6.45) is 0. The van der Waals surface area contributed by atoms with Gasteiger partial charge in [-0.2, -0.15) is 0 Å². The van der Waals surface area contributed by atoms with Gasteiger partial charge < -0.3 is 9.26 Å². The van der Waals surface area contributed by atoms with Crippen molar-refractivity contribution < 1.29 is 9.26 Å². The third kappa shape index (κ3) is 1.86. The summed E-state index contributed by atoms with van der Waals surface area (Å²) in [4.78, 5) is 0. The first-order valence-corrected chi connectivity index (χ1v) is 4.89. The Morgan fingerprint density at radius 2 is 2.33 bits per heavy atom. The Balaban J connectivity index is 2.47. The zero-order valence-electron chi connectivity index (χ0n) is 8.78. The van der Waals surface area contributed by atoms with Crippen LogP contribution in [0.5, 0.6) is 5.88 Å². The van der Waals surface area contributed by atoms with Crippen LogP contribution in [0.25, 0.3) is 11.1 Å². The average molecular weight is 202 g/mol. The number of hydrogen-bond acceptors (Lipinski definition) is 3. The Bertz CT molecular complexity index is 434. The van der Waals surface area contributed by atoms with Crippen molar-refractivity contribution in [2.75, 3.05) is 6.61 Å². The van der Waals surface area contributed by atoms with Crippen LogP contribution in [-0.2, 0) is 0 Å². The van der Waals surface area contributed by atoms with Gasteiger partial charge in [-0.1, -0.05) is 24.3 Å². The van der Waals surface area contributed by atoms with E-state index in [1.54, 1.807) is 0 Å². The standard InChI is InChI=1S/C12H12NO2/c1-3-14-12-11(9(2)15-13-12)10-7-5-4-6-8-10/h4-7H,3H2,1-2H3. The van der Waals surface area contributed by atoms with E-state index in [-0.39, 0.29) is 0 Å². The zero-order valence-corrected chi connectivity index (χ0v) is 8.78. The Hall–Kier alpha value is -1.77. The number of rotatable bonds is 3. The van der Waals surface area contributed by atoms with Crippen molar-refractivity contribution in [3.05, 3.63) is 36.1 Å². The molecule has 0 aliphatic carbocycles. The van der Waals surface area contributed by atoms with Crippen molar-refractivity contribution in [2.45, 2.75) is 13.8 Å². The highest BCUT2D eigenvalue weighted by atomic mass is 16.5. The van der Waals surface area contributed by atoms with Crippen molar-refractivity contribution >= 4 is 0 Å². The Kier molecular flexibility index (Phi) is 2.72. The summed E-state index contributed by atoms with van der Waals surface area (Å²) >= 11 is 0. The third-order valence-electron chi connectivity index (χ3n) is 2.09. The van der Waals surface area contributed by atoms with Gasteiger partial charge >= 0.3 is 0 Å². The van der Waals surface area contributed by atoms with Gasteiger partial charge in [-0.25, -0.2) is 0 Å².